The van der Waals surface area contributed by atoms with Crippen molar-refractivity contribution in [1.29, 1.82) is 0 Å². The lowest BCUT2D eigenvalue weighted by molar-refractivity contribution is -0.128. The van der Waals surface area contributed by atoms with E-state index in [2.05, 4.69) is 10.6 Å². The van der Waals surface area contributed by atoms with Crippen LogP contribution in [0.25, 0.3) is 0 Å². The Morgan fingerprint density at radius 3 is 2.48 bits per heavy atom. The van der Waals surface area contributed by atoms with Crippen LogP contribution in [0, 0.1) is 0 Å². The van der Waals surface area contributed by atoms with E-state index in [0.717, 1.165) is 6.07 Å². The lowest BCUT2D eigenvalue weighted by atomic mass is 10.1. The molecule has 1 rings (SSSR count). The van der Waals surface area contributed by atoms with Crippen LogP contribution in [0.4, 0.5) is 10.5 Å². The third-order valence-corrected chi connectivity index (χ3v) is 2.60. The first-order chi connectivity index (χ1) is 9.81. The maximum atomic E-state index is 11.6. The minimum absolute atomic E-state index is 0.0525. The van der Waals surface area contributed by atoms with Crippen molar-refractivity contribution in [3.05, 3.63) is 23.8 Å². The average Bonchev–Trinajstić information content (AvgIpc) is 2.40. The van der Waals surface area contributed by atoms with Crippen LogP contribution < -0.4 is 10.6 Å². The van der Waals surface area contributed by atoms with E-state index in [9.17, 15) is 19.5 Å². The van der Waals surface area contributed by atoms with Crippen molar-refractivity contribution in [2.45, 2.75) is 6.42 Å². The average molecular weight is 295 g/mol. The minimum atomic E-state index is -1.27. The predicted octanol–water partition coefficient (Wildman–Crippen LogP) is 0.690. The smallest absolute Gasteiger partial charge is 0.337 e. The van der Waals surface area contributed by atoms with Gasteiger partial charge in [0.2, 0.25) is 5.91 Å². The zero-order chi connectivity index (χ0) is 16.0. The number of carbonyl (C=O) groups excluding carboxylic acids is 2. The highest BCUT2D eigenvalue weighted by Gasteiger charge is 2.13. The van der Waals surface area contributed by atoms with E-state index in [-0.39, 0.29) is 35.9 Å². The summed E-state index contributed by atoms with van der Waals surface area (Å²) in [6.07, 6.45) is 0.141. The van der Waals surface area contributed by atoms with Gasteiger partial charge in [-0.25, -0.2) is 9.59 Å². The van der Waals surface area contributed by atoms with Crippen molar-refractivity contribution >= 4 is 23.6 Å². The van der Waals surface area contributed by atoms with E-state index in [1.807, 2.05) is 0 Å². The molecule has 1 aromatic rings. The fourth-order valence-electron chi connectivity index (χ4n) is 1.49. The van der Waals surface area contributed by atoms with Crippen LogP contribution in [0.2, 0.25) is 0 Å². The van der Waals surface area contributed by atoms with Gasteiger partial charge in [-0.2, -0.15) is 0 Å². The van der Waals surface area contributed by atoms with E-state index in [1.54, 1.807) is 14.1 Å². The Hall–Kier alpha value is -2.77. The molecule has 0 aliphatic rings. The van der Waals surface area contributed by atoms with Crippen molar-refractivity contribution < 1.29 is 24.6 Å². The van der Waals surface area contributed by atoms with Gasteiger partial charge in [0.05, 0.1) is 11.3 Å². The number of carboxylic acid groups (broad SMARTS) is 1. The third-order valence-electron chi connectivity index (χ3n) is 2.60. The summed E-state index contributed by atoms with van der Waals surface area (Å²) in [5.74, 6) is -1.62. The first-order valence-electron chi connectivity index (χ1n) is 6.12. The standard InChI is InChI=1S/C13H17N3O5/c1-16(2)11(18)5-6-14-13(21)15-10-4-3-8(17)7-9(10)12(19)20/h3-4,7,17H,5-6H2,1-2H3,(H,19,20)(H2,14,15,21). The molecule has 0 fully saturated rings. The molecule has 0 saturated carbocycles. The summed E-state index contributed by atoms with van der Waals surface area (Å²) in [4.78, 5) is 35.3. The Morgan fingerprint density at radius 2 is 1.90 bits per heavy atom. The van der Waals surface area contributed by atoms with Gasteiger partial charge in [0, 0.05) is 27.1 Å². The highest BCUT2D eigenvalue weighted by atomic mass is 16.4. The van der Waals surface area contributed by atoms with Crippen LogP contribution in [0.15, 0.2) is 18.2 Å². The molecule has 21 heavy (non-hydrogen) atoms. The Kier molecular flexibility index (Phi) is 5.53. The van der Waals surface area contributed by atoms with Crippen LogP contribution in [0.1, 0.15) is 16.8 Å². The number of nitrogens with one attached hydrogen (secondary N) is 2. The van der Waals surface area contributed by atoms with E-state index < -0.39 is 12.0 Å². The Labute approximate surface area is 121 Å². The van der Waals surface area contributed by atoms with E-state index in [0.29, 0.717) is 0 Å². The molecule has 3 amide bonds. The number of amides is 3. The molecule has 0 atom stereocenters. The zero-order valence-corrected chi connectivity index (χ0v) is 11.7. The lowest BCUT2D eigenvalue weighted by Crippen LogP contribution is -2.33. The molecule has 114 valence electrons. The number of aromatic hydroxyl groups is 1. The van der Waals surface area contributed by atoms with Crippen molar-refractivity contribution in [2.24, 2.45) is 0 Å². The predicted molar refractivity (Wildman–Crippen MR) is 75.4 cm³/mol. The first kappa shape index (κ1) is 16.3. The van der Waals surface area contributed by atoms with Crippen LogP contribution in [0.3, 0.4) is 0 Å². The molecule has 0 heterocycles. The molecule has 0 radical (unpaired) electrons. The molecular formula is C13H17N3O5. The number of urea groups is 1. The molecule has 0 aliphatic carbocycles. The summed E-state index contributed by atoms with van der Waals surface area (Å²) >= 11 is 0. The van der Waals surface area contributed by atoms with Crippen molar-refractivity contribution in [2.75, 3.05) is 26.0 Å². The van der Waals surface area contributed by atoms with Gasteiger partial charge in [-0.3, -0.25) is 4.79 Å². The van der Waals surface area contributed by atoms with Gasteiger partial charge in [0.25, 0.3) is 0 Å². The van der Waals surface area contributed by atoms with Gasteiger partial charge in [0.1, 0.15) is 5.75 Å². The molecule has 0 unspecified atom stereocenters. The van der Waals surface area contributed by atoms with Crippen LogP contribution >= 0.6 is 0 Å². The summed E-state index contributed by atoms with van der Waals surface area (Å²) in [5, 5.41) is 23.0. The van der Waals surface area contributed by atoms with Crippen molar-refractivity contribution in [3.8, 4) is 5.75 Å². The van der Waals surface area contributed by atoms with Gasteiger partial charge in [-0.15, -0.1) is 0 Å². The van der Waals surface area contributed by atoms with Crippen LogP contribution in [-0.4, -0.2) is 53.7 Å². The van der Waals surface area contributed by atoms with E-state index >= 15 is 0 Å². The molecule has 8 nitrogen and oxygen atoms in total. The van der Waals surface area contributed by atoms with Gasteiger partial charge in [0.15, 0.2) is 0 Å². The number of benzene rings is 1. The summed E-state index contributed by atoms with van der Waals surface area (Å²) in [7, 11) is 3.22. The lowest BCUT2D eigenvalue weighted by Gasteiger charge is -2.12. The van der Waals surface area contributed by atoms with Crippen LogP contribution in [0.5, 0.6) is 5.75 Å². The van der Waals surface area contributed by atoms with Gasteiger partial charge >= 0.3 is 12.0 Å². The second kappa shape index (κ2) is 7.13. The minimum Gasteiger partial charge on any atom is -0.508 e. The summed E-state index contributed by atoms with van der Waals surface area (Å²) < 4.78 is 0. The number of rotatable bonds is 5. The maximum absolute atomic E-state index is 11.6. The molecule has 0 saturated heterocycles. The summed E-state index contributed by atoms with van der Waals surface area (Å²) in [6, 6.07) is 2.95. The monoisotopic (exact) mass is 295 g/mol. The second-order valence-electron chi connectivity index (χ2n) is 4.45. The molecule has 0 bridgehead atoms. The fraction of sp³-hybridized carbons (Fsp3) is 0.308. The number of phenolic OH excluding ortho intramolecular Hbond substituents is 1. The van der Waals surface area contributed by atoms with Crippen molar-refractivity contribution in [1.82, 2.24) is 10.2 Å². The number of nitrogens with zero attached hydrogens (tertiary/aromatic N) is 1. The zero-order valence-electron chi connectivity index (χ0n) is 11.7. The quantitative estimate of drug-likeness (QED) is 0.596. The molecule has 0 aliphatic heterocycles. The Balaban J connectivity index is 2.59. The summed E-state index contributed by atoms with van der Waals surface area (Å²) in [5.41, 5.74) is -0.175. The first-order valence-corrected chi connectivity index (χ1v) is 6.12. The molecule has 0 spiro atoms. The SMILES string of the molecule is CN(C)C(=O)CCNC(=O)Nc1ccc(O)cc1C(=O)O. The van der Waals surface area contributed by atoms with Gasteiger partial charge < -0.3 is 25.7 Å². The molecule has 0 aromatic heterocycles. The Bertz CT molecular complexity index is 557. The van der Waals surface area contributed by atoms with E-state index in [4.69, 9.17) is 5.11 Å². The molecule has 8 heteroatoms. The topological polar surface area (TPSA) is 119 Å². The second-order valence-corrected chi connectivity index (χ2v) is 4.45. The largest absolute Gasteiger partial charge is 0.508 e. The Morgan fingerprint density at radius 1 is 1.24 bits per heavy atom. The number of phenols is 1. The third kappa shape index (κ3) is 5.01. The number of hydrogen-bond donors (Lipinski definition) is 4. The number of anilines is 1. The number of carbonyl (C=O) groups is 3. The summed E-state index contributed by atoms with van der Waals surface area (Å²) in [6.45, 7) is 0.128. The maximum Gasteiger partial charge on any atom is 0.337 e. The normalized spacial score (nSPS) is 9.81. The molecule has 1 aromatic carbocycles. The highest BCUT2D eigenvalue weighted by Crippen LogP contribution is 2.21. The van der Waals surface area contributed by atoms with Crippen molar-refractivity contribution in [3.63, 3.8) is 0 Å². The fourth-order valence-corrected chi connectivity index (χ4v) is 1.49. The number of aromatic carboxylic acids is 1. The molecular weight excluding hydrogens is 278 g/mol. The van der Waals surface area contributed by atoms with Gasteiger partial charge in [-0.05, 0) is 18.2 Å². The number of carboxylic acids is 1. The van der Waals surface area contributed by atoms with Crippen LogP contribution in [-0.2, 0) is 4.79 Å². The number of hydrogen-bond acceptors (Lipinski definition) is 4. The molecule has 4 N–H and O–H groups in total. The van der Waals surface area contributed by atoms with E-state index in [1.165, 1.54) is 17.0 Å². The van der Waals surface area contributed by atoms with Gasteiger partial charge in [-0.1, -0.05) is 0 Å². The highest BCUT2D eigenvalue weighted by molar-refractivity contribution is 6.00.